The van der Waals surface area contributed by atoms with Gasteiger partial charge in [0.1, 0.15) is 10.6 Å². The monoisotopic (exact) mass is 328 g/mol. The summed E-state index contributed by atoms with van der Waals surface area (Å²) in [6.45, 7) is 1.25. The minimum absolute atomic E-state index is 0.00493. The van der Waals surface area contributed by atoms with Crippen molar-refractivity contribution in [3.8, 4) is 5.75 Å². The summed E-state index contributed by atoms with van der Waals surface area (Å²) in [6.07, 6.45) is -0.766. The van der Waals surface area contributed by atoms with Gasteiger partial charge < -0.3 is 9.47 Å². The highest BCUT2D eigenvalue weighted by Gasteiger charge is 2.31. The van der Waals surface area contributed by atoms with Crippen LogP contribution in [0.25, 0.3) is 0 Å². The maximum Gasteiger partial charge on any atom is 0.417 e. The summed E-state index contributed by atoms with van der Waals surface area (Å²) in [7, 11) is -2.44. The number of carbonyl (C=O) groups is 2. The van der Waals surface area contributed by atoms with Crippen molar-refractivity contribution in [2.45, 2.75) is 11.8 Å². The zero-order valence-corrected chi connectivity index (χ0v) is 13.0. The van der Waals surface area contributed by atoms with Crippen LogP contribution in [0.2, 0.25) is 0 Å². The van der Waals surface area contributed by atoms with Crippen molar-refractivity contribution < 1.29 is 27.5 Å². The highest BCUT2D eigenvalue weighted by Crippen LogP contribution is 2.24. The lowest BCUT2D eigenvalue weighted by molar-refractivity contribution is -0.125. The number of methoxy groups -OCH3 is 1. The summed E-state index contributed by atoms with van der Waals surface area (Å²) >= 11 is 0. The van der Waals surface area contributed by atoms with E-state index in [1.54, 1.807) is 19.1 Å². The highest BCUT2D eigenvalue weighted by atomic mass is 32.2. The molecule has 8 nitrogen and oxygen atoms in total. The van der Waals surface area contributed by atoms with Gasteiger partial charge in [0.25, 0.3) is 5.91 Å². The van der Waals surface area contributed by atoms with Gasteiger partial charge >= 0.3 is 6.09 Å². The maximum atomic E-state index is 12.3. The Labute approximate surface area is 128 Å². The van der Waals surface area contributed by atoms with E-state index in [1.807, 2.05) is 0 Å². The molecule has 1 aliphatic rings. The number of cyclic esters (lactones) is 1. The number of hydrogen-bond donors (Lipinski definition) is 1. The second-order valence-corrected chi connectivity index (χ2v) is 6.39. The number of imide groups is 1. The molecule has 0 aromatic heterocycles. The van der Waals surface area contributed by atoms with E-state index in [1.165, 1.54) is 13.2 Å². The molecule has 1 aromatic carbocycles. The molecule has 2 amide bonds. The lowest BCUT2D eigenvalue weighted by atomic mass is 10.2. The molecule has 0 saturated carbocycles. The number of hydrogen-bond acceptors (Lipinski definition) is 6. The number of amides is 2. The third-order valence-corrected chi connectivity index (χ3v) is 4.56. The molecule has 22 heavy (non-hydrogen) atoms. The van der Waals surface area contributed by atoms with Crippen LogP contribution in [0.1, 0.15) is 5.56 Å². The van der Waals surface area contributed by atoms with E-state index in [-0.39, 0.29) is 30.3 Å². The summed E-state index contributed by atoms with van der Waals surface area (Å²) < 4.78 is 36.5. The number of nitrogens with zero attached hydrogens (tertiary/aromatic N) is 1. The molecular weight excluding hydrogens is 312 g/mol. The van der Waals surface area contributed by atoms with E-state index in [0.29, 0.717) is 0 Å². The lowest BCUT2D eigenvalue weighted by Crippen LogP contribution is -2.37. The molecule has 0 radical (unpaired) electrons. The van der Waals surface area contributed by atoms with Gasteiger partial charge in [-0.1, -0.05) is 6.07 Å². The first kappa shape index (κ1) is 16.2. The molecule has 0 spiro atoms. The van der Waals surface area contributed by atoms with E-state index < -0.39 is 22.0 Å². The predicted molar refractivity (Wildman–Crippen MR) is 76.0 cm³/mol. The number of nitrogens with one attached hydrogen (secondary N) is 1. The van der Waals surface area contributed by atoms with Gasteiger partial charge in [-0.2, -0.15) is 0 Å². The van der Waals surface area contributed by atoms with Crippen LogP contribution in [0.3, 0.4) is 0 Å². The summed E-state index contributed by atoms with van der Waals surface area (Å²) in [6, 6.07) is 4.78. The fourth-order valence-corrected chi connectivity index (χ4v) is 3.23. The Hall–Kier alpha value is -2.13. The summed E-state index contributed by atoms with van der Waals surface area (Å²) in [5.74, 6) is -0.271. The van der Waals surface area contributed by atoms with Crippen molar-refractivity contribution in [1.29, 1.82) is 0 Å². The molecule has 2 rings (SSSR count). The largest absolute Gasteiger partial charge is 0.495 e. The average Bonchev–Trinajstić information content (AvgIpc) is 2.79. The SMILES string of the molecule is COc1ccc(C)cc1S(=O)(=O)NCCN1C(=O)COC1=O. The van der Waals surface area contributed by atoms with Gasteiger partial charge in [-0.3, -0.25) is 4.79 Å². The molecule has 9 heteroatoms. The standard InChI is InChI=1S/C13H16N2O6S/c1-9-3-4-10(20-2)11(7-9)22(18,19)14-5-6-15-12(16)8-21-13(15)17/h3-4,7,14H,5-6,8H2,1-2H3. The number of ether oxygens (including phenoxy) is 2. The molecule has 1 aromatic rings. The lowest BCUT2D eigenvalue weighted by Gasteiger charge is -2.13. The maximum absolute atomic E-state index is 12.3. The first-order chi connectivity index (χ1) is 10.3. The summed E-state index contributed by atoms with van der Waals surface area (Å²) in [4.78, 5) is 23.4. The number of benzene rings is 1. The zero-order chi connectivity index (χ0) is 16.3. The molecule has 0 atom stereocenters. The fourth-order valence-electron chi connectivity index (χ4n) is 1.96. The number of aryl methyl sites for hydroxylation is 1. The van der Waals surface area contributed by atoms with Crippen molar-refractivity contribution in [3.63, 3.8) is 0 Å². The Morgan fingerprint density at radius 1 is 1.36 bits per heavy atom. The molecule has 1 fully saturated rings. The second kappa shape index (κ2) is 6.32. The number of carbonyl (C=O) groups excluding carboxylic acids is 2. The van der Waals surface area contributed by atoms with Crippen molar-refractivity contribution in [2.24, 2.45) is 0 Å². The van der Waals surface area contributed by atoms with Crippen LogP contribution in [0.15, 0.2) is 23.1 Å². The van der Waals surface area contributed by atoms with Crippen LogP contribution in [0.5, 0.6) is 5.75 Å². The van der Waals surface area contributed by atoms with E-state index >= 15 is 0 Å². The third-order valence-electron chi connectivity index (χ3n) is 3.08. The molecule has 1 heterocycles. The molecule has 0 bridgehead atoms. The van der Waals surface area contributed by atoms with Crippen LogP contribution in [0, 0.1) is 6.92 Å². The van der Waals surface area contributed by atoms with Gasteiger partial charge in [0.05, 0.1) is 7.11 Å². The number of sulfonamides is 1. The van der Waals surface area contributed by atoms with E-state index in [2.05, 4.69) is 9.46 Å². The third kappa shape index (κ3) is 3.37. The summed E-state index contributed by atoms with van der Waals surface area (Å²) in [5, 5.41) is 0. The molecule has 1 N–H and O–H groups in total. The first-order valence-electron chi connectivity index (χ1n) is 6.46. The van der Waals surface area contributed by atoms with Crippen molar-refractivity contribution in [3.05, 3.63) is 23.8 Å². The molecule has 120 valence electrons. The van der Waals surface area contributed by atoms with Gasteiger partial charge in [-0.25, -0.2) is 22.8 Å². The van der Waals surface area contributed by atoms with E-state index in [4.69, 9.17) is 4.74 Å². The van der Waals surface area contributed by atoms with Crippen molar-refractivity contribution in [1.82, 2.24) is 9.62 Å². The molecule has 1 aliphatic heterocycles. The second-order valence-electron chi connectivity index (χ2n) is 4.65. The Kier molecular flexibility index (Phi) is 4.67. The minimum atomic E-state index is -3.82. The smallest absolute Gasteiger partial charge is 0.417 e. The van der Waals surface area contributed by atoms with Crippen LogP contribution < -0.4 is 9.46 Å². The Bertz CT molecular complexity index is 684. The molecule has 0 unspecified atom stereocenters. The van der Waals surface area contributed by atoms with Gasteiger partial charge in [0.2, 0.25) is 10.0 Å². The van der Waals surface area contributed by atoms with Crippen LogP contribution >= 0.6 is 0 Å². The van der Waals surface area contributed by atoms with Crippen LogP contribution in [0.4, 0.5) is 4.79 Å². The van der Waals surface area contributed by atoms with Crippen LogP contribution in [-0.2, 0) is 19.6 Å². The predicted octanol–water partition coefficient (Wildman–Crippen LogP) is 0.261. The summed E-state index contributed by atoms with van der Waals surface area (Å²) in [5.41, 5.74) is 0.763. The first-order valence-corrected chi connectivity index (χ1v) is 7.95. The minimum Gasteiger partial charge on any atom is -0.495 e. The van der Waals surface area contributed by atoms with Crippen molar-refractivity contribution in [2.75, 3.05) is 26.8 Å². The fraction of sp³-hybridized carbons (Fsp3) is 0.385. The molecule has 0 aliphatic carbocycles. The number of rotatable bonds is 6. The average molecular weight is 328 g/mol. The Morgan fingerprint density at radius 2 is 2.09 bits per heavy atom. The zero-order valence-electron chi connectivity index (χ0n) is 12.2. The molecular formula is C13H16N2O6S. The Balaban J connectivity index is 2.07. The van der Waals surface area contributed by atoms with Crippen molar-refractivity contribution >= 4 is 22.0 Å². The van der Waals surface area contributed by atoms with Gasteiger partial charge in [0.15, 0.2) is 6.61 Å². The topological polar surface area (TPSA) is 102 Å². The van der Waals surface area contributed by atoms with Gasteiger partial charge in [-0.15, -0.1) is 0 Å². The van der Waals surface area contributed by atoms with Gasteiger partial charge in [-0.05, 0) is 24.6 Å². The van der Waals surface area contributed by atoms with E-state index in [0.717, 1.165) is 10.5 Å². The Morgan fingerprint density at radius 3 is 2.68 bits per heavy atom. The normalized spacial score (nSPS) is 15.1. The molecule has 1 saturated heterocycles. The van der Waals surface area contributed by atoms with Gasteiger partial charge in [0, 0.05) is 13.1 Å². The van der Waals surface area contributed by atoms with E-state index in [9.17, 15) is 18.0 Å². The quantitative estimate of drug-likeness (QED) is 0.804. The highest BCUT2D eigenvalue weighted by molar-refractivity contribution is 7.89. The van der Waals surface area contributed by atoms with Crippen LogP contribution in [-0.4, -0.2) is 52.1 Å².